The molecule has 22 heavy (non-hydrogen) atoms. The lowest BCUT2D eigenvalue weighted by atomic mass is 9.88. The van der Waals surface area contributed by atoms with Crippen molar-refractivity contribution in [1.29, 1.82) is 0 Å². The molecule has 5 heteroatoms. The van der Waals surface area contributed by atoms with Gasteiger partial charge < -0.3 is 10.1 Å². The van der Waals surface area contributed by atoms with Crippen molar-refractivity contribution in [2.24, 2.45) is 13.0 Å². The largest absolute Gasteiger partial charge is 0.376 e. The zero-order valence-electron chi connectivity index (χ0n) is 14.3. The van der Waals surface area contributed by atoms with Crippen LogP contribution in [-0.4, -0.2) is 34.9 Å². The molecule has 0 saturated heterocycles. The van der Waals surface area contributed by atoms with Gasteiger partial charge in [-0.2, -0.15) is 5.10 Å². The summed E-state index contributed by atoms with van der Waals surface area (Å²) in [7, 11) is 1.91. The molecule has 0 spiro atoms. The van der Waals surface area contributed by atoms with E-state index in [0.29, 0.717) is 31.6 Å². The molecule has 1 aromatic heterocycles. The molecule has 1 heterocycles. The number of ether oxygens (including phenoxy) is 1. The minimum absolute atomic E-state index is 0.0412. The molecule has 1 N–H and O–H groups in total. The Labute approximate surface area is 133 Å². The van der Waals surface area contributed by atoms with Crippen molar-refractivity contribution in [1.82, 2.24) is 15.1 Å². The molecular weight excluding hydrogens is 278 g/mol. The number of amides is 1. The monoisotopic (exact) mass is 307 g/mol. The Morgan fingerprint density at radius 1 is 1.36 bits per heavy atom. The third kappa shape index (κ3) is 4.32. The van der Waals surface area contributed by atoms with Gasteiger partial charge in [0.15, 0.2) is 0 Å². The number of carbonyl (C=O) groups excluding carboxylic acids is 1. The predicted octanol–water partition coefficient (Wildman–Crippen LogP) is 2.29. The van der Waals surface area contributed by atoms with Crippen LogP contribution in [0.25, 0.3) is 0 Å². The molecule has 2 rings (SSSR count). The van der Waals surface area contributed by atoms with Gasteiger partial charge in [0.05, 0.1) is 24.8 Å². The maximum absolute atomic E-state index is 12.0. The summed E-state index contributed by atoms with van der Waals surface area (Å²) in [4.78, 5) is 12.0. The van der Waals surface area contributed by atoms with Crippen molar-refractivity contribution in [3.8, 4) is 0 Å². The van der Waals surface area contributed by atoms with Gasteiger partial charge in [0.1, 0.15) is 0 Å². The fourth-order valence-corrected chi connectivity index (χ4v) is 3.23. The number of rotatable bonds is 6. The van der Waals surface area contributed by atoms with E-state index in [-0.39, 0.29) is 5.91 Å². The van der Waals surface area contributed by atoms with Crippen LogP contribution in [0.15, 0.2) is 0 Å². The molecule has 5 nitrogen and oxygen atoms in total. The number of carbonyl (C=O) groups is 1. The first-order chi connectivity index (χ1) is 10.5. The number of aryl methyl sites for hydroxylation is 2. The van der Waals surface area contributed by atoms with Gasteiger partial charge in [0, 0.05) is 24.8 Å². The molecule has 124 valence electrons. The Kier molecular flexibility index (Phi) is 6.00. The molecule has 1 amide bonds. The number of hydrogen-bond donors (Lipinski definition) is 1. The van der Waals surface area contributed by atoms with E-state index in [9.17, 15) is 4.79 Å². The standard InChI is InChI=1S/C17H29N3O2/c1-12-7-5-6-8-16(12)22-10-9-18-17(21)11-15-13(2)19-20(4)14(15)3/h12,16H,5-11H2,1-4H3,(H,18,21). The quantitative estimate of drug-likeness (QED) is 0.820. The molecule has 1 saturated carbocycles. The van der Waals surface area contributed by atoms with Crippen LogP contribution in [0.4, 0.5) is 0 Å². The summed E-state index contributed by atoms with van der Waals surface area (Å²) in [6.07, 6.45) is 5.77. The average Bonchev–Trinajstić information content (AvgIpc) is 2.72. The van der Waals surface area contributed by atoms with Gasteiger partial charge in [-0.15, -0.1) is 0 Å². The number of hydrogen-bond acceptors (Lipinski definition) is 3. The summed E-state index contributed by atoms with van der Waals surface area (Å²) in [5, 5.41) is 7.29. The lowest BCUT2D eigenvalue weighted by molar-refractivity contribution is -0.120. The molecular formula is C17H29N3O2. The van der Waals surface area contributed by atoms with Crippen molar-refractivity contribution in [2.75, 3.05) is 13.2 Å². The van der Waals surface area contributed by atoms with Gasteiger partial charge in [-0.1, -0.05) is 19.8 Å². The Balaban J connectivity index is 1.69. The molecule has 0 aromatic carbocycles. The molecule has 1 fully saturated rings. The zero-order chi connectivity index (χ0) is 16.1. The summed E-state index contributed by atoms with van der Waals surface area (Å²) >= 11 is 0. The molecule has 1 aromatic rings. The first-order valence-electron chi connectivity index (χ1n) is 8.36. The first kappa shape index (κ1) is 17.0. The van der Waals surface area contributed by atoms with E-state index in [2.05, 4.69) is 17.3 Å². The summed E-state index contributed by atoms with van der Waals surface area (Å²) in [5.41, 5.74) is 3.02. The van der Waals surface area contributed by atoms with Gasteiger partial charge in [0.25, 0.3) is 0 Å². The van der Waals surface area contributed by atoms with Crippen LogP contribution in [0.3, 0.4) is 0 Å². The lowest BCUT2D eigenvalue weighted by Gasteiger charge is -2.28. The molecule has 2 unspecified atom stereocenters. The summed E-state index contributed by atoms with van der Waals surface area (Å²) in [6.45, 7) is 7.39. The number of nitrogens with zero attached hydrogens (tertiary/aromatic N) is 2. The fraction of sp³-hybridized carbons (Fsp3) is 0.765. The maximum atomic E-state index is 12.0. The van der Waals surface area contributed by atoms with Gasteiger partial charge in [-0.25, -0.2) is 0 Å². The van der Waals surface area contributed by atoms with Crippen molar-refractivity contribution in [2.45, 2.75) is 59.0 Å². The second-order valence-corrected chi connectivity index (χ2v) is 6.47. The van der Waals surface area contributed by atoms with Crippen molar-refractivity contribution in [3.63, 3.8) is 0 Å². The van der Waals surface area contributed by atoms with Gasteiger partial charge in [0.2, 0.25) is 5.91 Å². The van der Waals surface area contributed by atoms with Gasteiger partial charge in [-0.3, -0.25) is 9.48 Å². The highest BCUT2D eigenvalue weighted by Gasteiger charge is 2.21. The third-order valence-corrected chi connectivity index (χ3v) is 4.79. The third-order valence-electron chi connectivity index (χ3n) is 4.79. The molecule has 1 aliphatic carbocycles. The van der Waals surface area contributed by atoms with E-state index in [4.69, 9.17) is 4.74 Å². The molecule has 1 aliphatic rings. The van der Waals surface area contributed by atoms with Crippen LogP contribution in [0, 0.1) is 19.8 Å². The highest BCUT2D eigenvalue weighted by Crippen LogP contribution is 2.25. The van der Waals surface area contributed by atoms with Crippen molar-refractivity contribution >= 4 is 5.91 Å². The fourth-order valence-electron chi connectivity index (χ4n) is 3.23. The lowest BCUT2D eigenvalue weighted by Crippen LogP contribution is -2.32. The van der Waals surface area contributed by atoms with Crippen LogP contribution in [0.2, 0.25) is 0 Å². The highest BCUT2D eigenvalue weighted by atomic mass is 16.5. The first-order valence-corrected chi connectivity index (χ1v) is 8.36. The minimum Gasteiger partial charge on any atom is -0.376 e. The number of aromatic nitrogens is 2. The van der Waals surface area contributed by atoms with Crippen molar-refractivity contribution in [3.05, 3.63) is 17.0 Å². The molecule has 0 aliphatic heterocycles. The minimum atomic E-state index is 0.0412. The summed E-state index contributed by atoms with van der Waals surface area (Å²) in [6, 6.07) is 0. The van der Waals surface area contributed by atoms with E-state index < -0.39 is 0 Å². The maximum Gasteiger partial charge on any atom is 0.224 e. The second-order valence-electron chi connectivity index (χ2n) is 6.47. The Morgan fingerprint density at radius 3 is 2.73 bits per heavy atom. The summed E-state index contributed by atoms with van der Waals surface area (Å²) < 4.78 is 7.74. The molecule has 0 radical (unpaired) electrons. The number of nitrogens with one attached hydrogen (secondary N) is 1. The van der Waals surface area contributed by atoms with E-state index in [0.717, 1.165) is 23.4 Å². The Morgan fingerprint density at radius 2 is 2.09 bits per heavy atom. The Bertz CT molecular complexity index is 510. The molecule has 0 bridgehead atoms. The van der Waals surface area contributed by atoms with Crippen LogP contribution < -0.4 is 5.32 Å². The Hall–Kier alpha value is -1.36. The average molecular weight is 307 g/mol. The predicted molar refractivity (Wildman–Crippen MR) is 86.8 cm³/mol. The smallest absolute Gasteiger partial charge is 0.224 e. The van der Waals surface area contributed by atoms with Gasteiger partial charge in [-0.05, 0) is 32.6 Å². The van der Waals surface area contributed by atoms with E-state index in [1.165, 1.54) is 19.3 Å². The van der Waals surface area contributed by atoms with Crippen LogP contribution in [0.1, 0.15) is 49.6 Å². The zero-order valence-corrected chi connectivity index (χ0v) is 14.3. The van der Waals surface area contributed by atoms with E-state index in [1.807, 2.05) is 25.6 Å². The SMILES string of the molecule is Cc1nn(C)c(C)c1CC(=O)NCCOC1CCCCC1C. The second kappa shape index (κ2) is 7.77. The van der Waals surface area contributed by atoms with Crippen molar-refractivity contribution < 1.29 is 9.53 Å². The normalized spacial score (nSPS) is 21.8. The highest BCUT2D eigenvalue weighted by molar-refractivity contribution is 5.79. The van der Waals surface area contributed by atoms with Crippen LogP contribution in [0.5, 0.6) is 0 Å². The van der Waals surface area contributed by atoms with Crippen LogP contribution in [-0.2, 0) is 23.0 Å². The van der Waals surface area contributed by atoms with E-state index >= 15 is 0 Å². The van der Waals surface area contributed by atoms with E-state index in [1.54, 1.807) is 0 Å². The van der Waals surface area contributed by atoms with Gasteiger partial charge >= 0.3 is 0 Å². The summed E-state index contributed by atoms with van der Waals surface area (Å²) in [5.74, 6) is 0.685. The van der Waals surface area contributed by atoms with Crippen LogP contribution >= 0.6 is 0 Å². The topological polar surface area (TPSA) is 56.2 Å². The molecule has 2 atom stereocenters.